The molecule has 0 radical (unpaired) electrons. The summed E-state index contributed by atoms with van der Waals surface area (Å²) in [5.74, 6) is 0.775. The molecule has 0 aliphatic heterocycles. The number of likely N-dealkylation sites (N-methyl/N-ethyl adjacent to an activating group) is 1. The largest absolute Gasteiger partial charge is 0.361 e. The molecule has 0 saturated heterocycles. The highest BCUT2D eigenvalue weighted by atomic mass is 32.2. The number of aromatic nitrogens is 1. The lowest BCUT2D eigenvalue weighted by Gasteiger charge is -2.23. The Bertz CT molecular complexity index is 1140. The van der Waals surface area contributed by atoms with Gasteiger partial charge in [-0.05, 0) is 51.1 Å². The number of hydrogen-bond acceptors (Lipinski definition) is 6. The zero-order valence-corrected chi connectivity index (χ0v) is 19.7. The molecule has 0 spiro atoms. The van der Waals surface area contributed by atoms with E-state index in [2.05, 4.69) is 10.5 Å². The Kier molecular flexibility index (Phi) is 8.37. The second kappa shape index (κ2) is 11.2. The van der Waals surface area contributed by atoms with E-state index in [4.69, 9.17) is 9.66 Å². The van der Waals surface area contributed by atoms with Gasteiger partial charge < -0.3 is 9.84 Å². The van der Waals surface area contributed by atoms with Gasteiger partial charge in [-0.25, -0.2) is 13.6 Å². The van der Waals surface area contributed by atoms with Crippen LogP contribution in [0.25, 0.3) is 11.3 Å². The Labute approximate surface area is 194 Å². The van der Waals surface area contributed by atoms with Crippen LogP contribution in [0, 0.1) is 0 Å². The van der Waals surface area contributed by atoms with Crippen molar-refractivity contribution in [2.45, 2.75) is 37.1 Å². The summed E-state index contributed by atoms with van der Waals surface area (Å²) in [5.41, 5.74) is 2.77. The topological polar surface area (TPSA) is 119 Å². The molecule has 1 unspecified atom stereocenters. The molecular weight excluding hydrogens is 440 g/mol. The molecule has 0 fully saturated rings. The monoisotopic (exact) mass is 470 g/mol. The normalized spacial score (nSPS) is 12.6. The van der Waals surface area contributed by atoms with Gasteiger partial charge in [0.15, 0.2) is 0 Å². The average molecular weight is 471 g/mol. The molecule has 1 heterocycles. The van der Waals surface area contributed by atoms with E-state index in [-0.39, 0.29) is 16.8 Å². The molecule has 1 aromatic heterocycles. The number of carbonyl (C=O) groups is 1. The molecule has 1 atom stereocenters. The van der Waals surface area contributed by atoms with Gasteiger partial charge in [0.25, 0.3) is 0 Å². The fraction of sp³-hybridized carbons (Fsp3) is 0.333. The zero-order valence-electron chi connectivity index (χ0n) is 18.9. The van der Waals surface area contributed by atoms with Crippen LogP contribution in [0.15, 0.2) is 70.1 Å². The second-order valence-corrected chi connectivity index (χ2v) is 9.60. The van der Waals surface area contributed by atoms with Crippen molar-refractivity contribution < 1.29 is 17.7 Å². The number of amides is 1. The van der Waals surface area contributed by atoms with Crippen LogP contribution in [0.1, 0.15) is 24.7 Å². The third-order valence-electron chi connectivity index (χ3n) is 5.57. The van der Waals surface area contributed by atoms with Gasteiger partial charge in [0.2, 0.25) is 15.9 Å². The zero-order chi connectivity index (χ0) is 23.8. The number of hydrogen-bond donors (Lipinski definition) is 2. The highest BCUT2D eigenvalue weighted by Gasteiger charge is 2.17. The lowest BCUT2D eigenvalue weighted by Crippen LogP contribution is -2.44. The van der Waals surface area contributed by atoms with Gasteiger partial charge in [0.1, 0.15) is 11.5 Å². The van der Waals surface area contributed by atoms with E-state index < -0.39 is 10.0 Å². The van der Waals surface area contributed by atoms with E-state index >= 15 is 0 Å². The predicted molar refractivity (Wildman–Crippen MR) is 127 cm³/mol. The fourth-order valence-electron chi connectivity index (χ4n) is 3.40. The van der Waals surface area contributed by atoms with Gasteiger partial charge in [0.05, 0.1) is 10.9 Å². The van der Waals surface area contributed by atoms with Crippen molar-refractivity contribution in [3.8, 4) is 11.3 Å². The molecule has 33 heavy (non-hydrogen) atoms. The molecule has 0 bridgehead atoms. The number of primary sulfonamides is 1. The molecule has 3 aromatic rings. The van der Waals surface area contributed by atoms with E-state index in [0.717, 1.165) is 42.0 Å². The third-order valence-corrected chi connectivity index (χ3v) is 6.50. The maximum absolute atomic E-state index is 12.5. The number of nitrogens with two attached hydrogens (primary N) is 1. The number of nitrogens with zero attached hydrogens (tertiary/aromatic N) is 2. The Morgan fingerprint density at radius 2 is 1.82 bits per heavy atom. The highest BCUT2D eigenvalue weighted by molar-refractivity contribution is 7.89. The van der Waals surface area contributed by atoms with Gasteiger partial charge in [-0.1, -0.05) is 47.6 Å². The maximum atomic E-state index is 12.5. The molecule has 176 valence electrons. The molecule has 0 aliphatic carbocycles. The molecule has 0 saturated carbocycles. The van der Waals surface area contributed by atoms with Gasteiger partial charge in [-0.2, -0.15) is 0 Å². The average Bonchev–Trinajstić information content (AvgIpc) is 3.27. The fourth-order valence-corrected chi connectivity index (χ4v) is 3.91. The van der Waals surface area contributed by atoms with Crippen LogP contribution < -0.4 is 10.5 Å². The number of aryl methyl sites for hydroxylation is 1. The molecule has 3 N–H and O–H groups in total. The Morgan fingerprint density at radius 1 is 1.12 bits per heavy atom. The van der Waals surface area contributed by atoms with Crippen molar-refractivity contribution in [3.05, 3.63) is 72.0 Å². The molecule has 9 heteroatoms. The van der Waals surface area contributed by atoms with Crippen molar-refractivity contribution in [1.82, 2.24) is 15.4 Å². The van der Waals surface area contributed by atoms with Crippen molar-refractivity contribution in [1.29, 1.82) is 0 Å². The molecular formula is C24H30N4O4S. The van der Waals surface area contributed by atoms with Crippen LogP contribution in [0.2, 0.25) is 0 Å². The summed E-state index contributed by atoms with van der Waals surface area (Å²) >= 11 is 0. The molecule has 8 nitrogen and oxygen atoms in total. The number of rotatable bonds is 11. The van der Waals surface area contributed by atoms with Crippen LogP contribution in [-0.4, -0.2) is 50.6 Å². The first-order valence-electron chi connectivity index (χ1n) is 10.8. The Hall–Kier alpha value is -3.01. The summed E-state index contributed by atoms with van der Waals surface area (Å²) in [7, 11) is -1.77. The summed E-state index contributed by atoms with van der Waals surface area (Å²) in [5, 5.41) is 12.2. The van der Waals surface area contributed by atoms with Crippen molar-refractivity contribution in [2.75, 3.05) is 20.1 Å². The standard InChI is InChI=1S/C24H30N4O4S/c1-18(24(29)26-15-14-19-10-12-22(13-11-19)33(25,30)31)28(2)16-6-9-21-17-23(27-32-21)20-7-4-3-5-8-20/h3-5,7-8,10-13,17-18H,6,9,14-16H2,1-2H3,(H,26,29)(H2,25,30,31). The lowest BCUT2D eigenvalue weighted by molar-refractivity contribution is -0.125. The van der Waals surface area contributed by atoms with Crippen molar-refractivity contribution in [3.63, 3.8) is 0 Å². The number of sulfonamides is 1. The maximum Gasteiger partial charge on any atom is 0.238 e. The van der Waals surface area contributed by atoms with Gasteiger partial charge >= 0.3 is 0 Å². The number of carbonyl (C=O) groups excluding carboxylic acids is 1. The third kappa shape index (κ3) is 7.24. The second-order valence-electron chi connectivity index (χ2n) is 8.03. The summed E-state index contributed by atoms with van der Waals surface area (Å²) in [6.07, 6.45) is 2.18. The summed E-state index contributed by atoms with van der Waals surface area (Å²) in [6, 6.07) is 17.9. The van der Waals surface area contributed by atoms with Crippen molar-refractivity contribution >= 4 is 15.9 Å². The minimum absolute atomic E-state index is 0.0512. The van der Waals surface area contributed by atoms with Gasteiger partial charge in [-0.15, -0.1) is 0 Å². The lowest BCUT2D eigenvalue weighted by atomic mass is 10.1. The minimum atomic E-state index is -3.70. The van der Waals surface area contributed by atoms with Crippen molar-refractivity contribution in [2.24, 2.45) is 5.14 Å². The van der Waals surface area contributed by atoms with Crippen LogP contribution in [0.4, 0.5) is 0 Å². The first kappa shape index (κ1) is 24.6. The van der Waals surface area contributed by atoms with E-state index in [1.54, 1.807) is 12.1 Å². The van der Waals surface area contributed by atoms with Crippen LogP contribution in [0.5, 0.6) is 0 Å². The molecule has 2 aromatic carbocycles. The van der Waals surface area contributed by atoms with E-state index in [0.29, 0.717) is 13.0 Å². The van der Waals surface area contributed by atoms with Gasteiger partial charge in [-0.3, -0.25) is 9.69 Å². The first-order chi connectivity index (χ1) is 15.7. The first-order valence-corrected chi connectivity index (χ1v) is 12.4. The summed E-state index contributed by atoms with van der Waals surface area (Å²) < 4.78 is 28.1. The van der Waals surface area contributed by atoms with E-state index in [1.807, 2.05) is 55.3 Å². The van der Waals surface area contributed by atoms with Crippen LogP contribution in [0.3, 0.4) is 0 Å². The quantitative estimate of drug-likeness (QED) is 0.445. The molecule has 1 amide bonds. The van der Waals surface area contributed by atoms with Crippen LogP contribution >= 0.6 is 0 Å². The minimum Gasteiger partial charge on any atom is -0.361 e. The predicted octanol–water partition coefficient (Wildman–Crippen LogP) is 2.60. The smallest absolute Gasteiger partial charge is 0.238 e. The van der Waals surface area contributed by atoms with Gasteiger partial charge in [0, 0.05) is 24.6 Å². The van der Waals surface area contributed by atoms with E-state index in [1.165, 1.54) is 12.1 Å². The number of benzene rings is 2. The summed E-state index contributed by atoms with van der Waals surface area (Å²) in [6.45, 7) is 3.08. The number of nitrogens with one attached hydrogen (secondary N) is 1. The molecule has 3 rings (SSSR count). The highest BCUT2D eigenvalue weighted by Crippen LogP contribution is 2.19. The summed E-state index contributed by atoms with van der Waals surface area (Å²) in [4.78, 5) is 14.6. The Balaban J connectivity index is 1.38. The Morgan fingerprint density at radius 3 is 2.48 bits per heavy atom. The SMILES string of the molecule is CC(C(=O)NCCc1ccc(S(N)(=O)=O)cc1)N(C)CCCc1cc(-c2ccccc2)no1. The van der Waals surface area contributed by atoms with Crippen LogP contribution in [-0.2, 0) is 27.7 Å². The molecule has 0 aliphatic rings. The van der Waals surface area contributed by atoms with E-state index in [9.17, 15) is 13.2 Å².